The van der Waals surface area contributed by atoms with Gasteiger partial charge in [-0.15, -0.1) is 0 Å². The van der Waals surface area contributed by atoms with Crippen molar-refractivity contribution < 1.29 is 9.59 Å². The van der Waals surface area contributed by atoms with Crippen LogP contribution in [0, 0.1) is 3.57 Å². The lowest BCUT2D eigenvalue weighted by atomic mass is 10.1. The molecule has 2 aromatic carbocycles. The van der Waals surface area contributed by atoms with E-state index in [0.29, 0.717) is 5.69 Å². The van der Waals surface area contributed by atoms with E-state index >= 15 is 0 Å². The van der Waals surface area contributed by atoms with E-state index < -0.39 is 12.2 Å². The van der Waals surface area contributed by atoms with Crippen molar-refractivity contribution in [3.63, 3.8) is 0 Å². The summed E-state index contributed by atoms with van der Waals surface area (Å²) in [4.78, 5) is 34.5. The number of amides is 3. The average molecular weight is 529 g/mol. The van der Waals surface area contributed by atoms with E-state index in [-0.39, 0.29) is 5.91 Å². The minimum absolute atomic E-state index is 0.268. The molecule has 7 nitrogen and oxygen atoms in total. The monoisotopic (exact) mass is 529 g/mol. The Bertz CT molecular complexity index is 1000. The number of benzodiazepines with no additional fused rings is 1. The van der Waals surface area contributed by atoms with Crippen molar-refractivity contribution in [2.24, 2.45) is 4.99 Å². The number of nitrogens with one attached hydrogen (secondary N) is 2. The first-order valence-electron chi connectivity index (χ1n) is 10.6. The van der Waals surface area contributed by atoms with Crippen molar-refractivity contribution >= 4 is 51.7 Å². The second-order valence-electron chi connectivity index (χ2n) is 7.78. The van der Waals surface area contributed by atoms with E-state index in [1.807, 2.05) is 48.5 Å². The maximum Gasteiger partial charge on any atom is 0.321 e. The topological polar surface area (TPSA) is 77.0 Å². The number of hydrogen-bond donors (Lipinski definition) is 2. The Morgan fingerprint density at radius 2 is 1.81 bits per heavy atom. The van der Waals surface area contributed by atoms with Crippen LogP contribution in [-0.2, 0) is 4.79 Å². The van der Waals surface area contributed by atoms with Gasteiger partial charge in [0.15, 0.2) is 0 Å². The van der Waals surface area contributed by atoms with Gasteiger partial charge in [0.25, 0.3) is 5.91 Å². The fourth-order valence-electron chi connectivity index (χ4n) is 3.99. The molecule has 0 spiro atoms. The highest BCUT2D eigenvalue weighted by Crippen LogP contribution is 2.27. The molecule has 1 atom stereocenters. The van der Waals surface area contributed by atoms with E-state index in [2.05, 4.69) is 38.1 Å². The second-order valence-corrected chi connectivity index (χ2v) is 9.03. The molecule has 0 unspecified atom stereocenters. The number of fused-ring (bicyclic) bond motifs is 1. The third-order valence-electron chi connectivity index (χ3n) is 5.58. The highest BCUT2D eigenvalue weighted by Gasteiger charge is 2.32. The Kier molecular flexibility index (Phi) is 6.74. The van der Waals surface area contributed by atoms with E-state index in [1.54, 1.807) is 11.9 Å². The van der Waals surface area contributed by atoms with E-state index in [4.69, 9.17) is 4.99 Å². The highest BCUT2D eigenvalue weighted by molar-refractivity contribution is 14.1. The number of nitrogens with zero attached hydrogens (tertiary/aromatic N) is 3. The molecule has 1 saturated heterocycles. The Labute approximate surface area is 196 Å². The molecule has 162 valence electrons. The number of amidine groups is 1. The number of anilines is 2. The van der Waals surface area contributed by atoms with Crippen LogP contribution in [0.25, 0.3) is 0 Å². The maximum atomic E-state index is 13.2. The zero-order valence-electron chi connectivity index (χ0n) is 17.5. The molecule has 2 heterocycles. The number of urea groups is 1. The number of carbonyl (C=O) groups is 2. The molecule has 0 aliphatic carbocycles. The molecule has 2 aliphatic heterocycles. The number of hydrogen-bond acceptors (Lipinski definition) is 4. The Balaban J connectivity index is 1.64. The molecule has 2 aromatic rings. The van der Waals surface area contributed by atoms with Crippen molar-refractivity contribution in [2.45, 2.75) is 31.8 Å². The van der Waals surface area contributed by atoms with Crippen molar-refractivity contribution in [1.29, 1.82) is 0 Å². The van der Waals surface area contributed by atoms with Crippen LogP contribution in [0.2, 0.25) is 0 Å². The lowest BCUT2D eigenvalue weighted by Gasteiger charge is -2.25. The van der Waals surface area contributed by atoms with Crippen LogP contribution in [0.3, 0.4) is 0 Å². The van der Waals surface area contributed by atoms with Gasteiger partial charge in [0.2, 0.25) is 6.17 Å². The third-order valence-corrected chi connectivity index (χ3v) is 6.25. The SMILES string of the molecule is CN1C(=O)[C@@H](NC(=O)Nc2cccc([125I])c2)N=C(N2CCCCCC2)c2ccccc21. The molecule has 8 heteroatoms. The van der Waals surface area contributed by atoms with E-state index in [0.717, 1.165) is 46.6 Å². The quantitative estimate of drug-likeness (QED) is 0.577. The number of para-hydroxylation sites is 1. The smallest absolute Gasteiger partial charge is 0.321 e. The molecule has 31 heavy (non-hydrogen) atoms. The first kappa shape index (κ1) is 21.6. The number of benzene rings is 2. The Morgan fingerprint density at radius 1 is 1.06 bits per heavy atom. The number of halogens is 1. The van der Waals surface area contributed by atoms with Gasteiger partial charge in [-0.1, -0.05) is 31.0 Å². The van der Waals surface area contributed by atoms with E-state index in [9.17, 15) is 9.59 Å². The maximum absolute atomic E-state index is 13.2. The molecule has 2 aliphatic rings. The van der Waals surface area contributed by atoms with Gasteiger partial charge in [-0.3, -0.25) is 4.79 Å². The molecular weight excluding hydrogens is 503 g/mol. The predicted molar refractivity (Wildman–Crippen MR) is 132 cm³/mol. The zero-order valence-corrected chi connectivity index (χ0v) is 19.6. The summed E-state index contributed by atoms with van der Waals surface area (Å²) in [5.74, 6) is 0.504. The van der Waals surface area contributed by atoms with Crippen LogP contribution in [0.5, 0.6) is 0 Å². The fraction of sp³-hybridized carbons (Fsp3) is 0.348. The van der Waals surface area contributed by atoms with Crippen LogP contribution in [-0.4, -0.2) is 49.0 Å². The summed E-state index contributed by atoms with van der Waals surface area (Å²) in [6.45, 7) is 1.79. The van der Waals surface area contributed by atoms with Gasteiger partial charge >= 0.3 is 6.03 Å². The Hall–Kier alpha value is -2.62. The molecule has 0 radical (unpaired) electrons. The van der Waals surface area contributed by atoms with Crippen LogP contribution < -0.4 is 15.5 Å². The number of rotatable bonds is 2. The van der Waals surface area contributed by atoms with Crippen molar-refractivity contribution in [3.8, 4) is 0 Å². The normalized spacial score (nSPS) is 19.1. The fourth-order valence-corrected chi connectivity index (χ4v) is 4.53. The standard InChI is InChI=1S/C23H26IN5O2/c1-28-19-12-5-4-11-18(19)21(29-13-6-2-3-7-14-29)26-20(22(28)30)27-23(31)25-17-10-8-9-16(24)15-17/h4-5,8-12,15,20H,2-3,6-7,13-14H2,1H3,(H2,25,27,31)/t20-/m1/s1/i24-2. The molecule has 0 bridgehead atoms. The first-order chi connectivity index (χ1) is 15.0. The summed E-state index contributed by atoms with van der Waals surface area (Å²) < 4.78 is 1.01. The summed E-state index contributed by atoms with van der Waals surface area (Å²) in [6.07, 6.45) is 3.58. The van der Waals surface area contributed by atoms with Gasteiger partial charge in [-0.05, 0) is 65.8 Å². The third kappa shape index (κ3) is 5.00. The van der Waals surface area contributed by atoms with Gasteiger partial charge in [-0.2, -0.15) is 0 Å². The van der Waals surface area contributed by atoms with Gasteiger partial charge in [0, 0.05) is 35.0 Å². The van der Waals surface area contributed by atoms with Gasteiger partial charge in [0.1, 0.15) is 5.84 Å². The summed E-state index contributed by atoms with van der Waals surface area (Å²) in [5, 5.41) is 5.57. The van der Waals surface area contributed by atoms with Crippen molar-refractivity contribution in [2.75, 3.05) is 30.4 Å². The van der Waals surface area contributed by atoms with E-state index in [1.165, 1.54) is 12.8 Å². The summed E-state index contributed by atoms with van der Waals surface area (Å²) in [7, 11) is 1.73. The number of likely N-dealkylation sites (tertiary alicyclic amines) is 1. The van der Waals surface area contributed by atoms with Crippen LogP contribution in [0.15, 0.2) is 53.5 Å². The minimum Gasteiger partial charge on any atom is -0.356 e. The summed E-state index contributed by atoms with van der Waals surface area (Å²) >= 11 is 2.19. The van der Waals surface area contributed by atoms with Crippen molar-refractivity contribution in [1.82, 2.24) is 10.2 Å². The number of likely N-dealkylation sites (N-methyl/N-ethyl adjacent to an activating group) is 1. The lowest BCUT2D eigenvalue weighted by molar-refractivity contribution is -0.119. The van der Waals surface area contributed by atoms with Gasteiger partial charge in [0.05, 0.1) is 5.69 Å². The summed E-state index contributed by atoms with van der Waals surface area (Å²) in [5.41, 5.74) is 2.39. The molecular formula is C23H26IN5O2. The molecule has 0 aromatic heterocycles. The number of carbonyl (C=O) groups excluding carboxylic acids is 2. The van der Waals surface area contributed by atoms with Crippen molar-refractivity contribution in [3.05, 3.63) is 57.7 Å². The highest BCUT2D eigenvalue weighted by atomic mass is 125. The van der Waals surface area contributed by atoms with Crippen LogP contribution >= 0.6 is 22.6 Å². The lowest BCUT2D eigenvalue weighted by Crippen LogP contribution is -2.47. The molecule has 2 N–H and O–H groups in total. The molecule has 0 saturated carbocycles. The molecule has 4 rings (SSSR count). The molecule has 1 fully saturated rings. The van der Waals surface area contributed by atoms with Gasteiger partial charge in [-0.25, -0.2) is 9.79 Å². The minimum atomic E-state index is -1.00. The second kappa shape index (κ2) is 9.67. The average Bonchev–Trinajstić information content (AvgIpc) is 3.09. The van der Waals surface area contributed by atoms with Gasteiger partial charge < -0.3 is 20.4 Å². The Morgan fingerprint density at radius 3 is 2.55 bits per heavy atom. The van der Waals surface area contributed by atoms with Crippen LogP contribution in [0.1, 0.15) is 31.2 Å². The first-order valence-corrected chi connectivity index (χ1v) is 11.6. The largest absolute Gasteiger partial charge is 0.356 e. The number of aliphatic imine (C=N–C) groups is 1. The molecule has 3 amide bonds. The summed E-state index contributed by atoms with van der Waals surface area (Å²) in [6, 6.07) is 14.8. The zero-order chi connectivity index (χ0) is 21.8. The van der Waals surface area contributed by atoms with Crippen LogP contribution in [0.4, 0.5) is 16.2 Å². The predicted octanol–water partition coefficient (Wildman–Crippen LogP) is 4.04.